The van der Waals surface area contributed by atoms with Gasteiger partial charge in [0.2, 0.25) is 5.91 Å². The van der Waals surface area contributed by atoms with Crippen LogP contribution in [0.15, 0.2) is 47.4 Å². The average Bonchev–Trinajstić information content (AvgIpc) is 2.98. The summed E-state index contributed by atoms with van der Waals surface area (Å²) in [5.41, 5.74) is 1.89. The Balaban J connectivity index is 1.86. The molecule has 0 saturated heterocycles. The Kier molecular flexibility index (Phi) is 4.22. The molecule has 130 valence electrons. The van der Waals surface area contributed by atoms with E-state index in [-0.39, 0.29) is 22.1 Å². The molecule has 0 fully saturated rings. The number of rotatable bonds is 4. The van der Waals surface area contributed by atoms with Crippen LogP contribution in [0.4, 0.5) is 11.4 Å². The van der Waals surface area contributed by atoms with Crippen LogP contribution in [-0.4, -0.2) is 31.9 Å². The highest BCUT2D eigenvalue weighted by molar-refractivity contribution is 7.92. The molecule has 0 saturated carbocycles. The quantitative estimate of drug-likeness (QED) is 0.869. The number of carboxylic acid groups (broad SMARTS) is 1. The number of carbonyl (C=O) groups is 2. The third kappa shape index (κ3) is 3.34. The van der Waals surface area contributed by atoms with Crippen molar-refractivity contribution in [3.8, 4) is 0 Å². The predicted octanol–water partition coefficient (Wildman–Crippen LogP) is 2.09. The first kappa shape index (κ1) is 17.0. The lowest BCUT2D eigenvalue weighted by molar-refractivity contribution is -0.116. The van der Waals surface area contributed by atoms with Gasteiger partial charge in [0, 0.05) is 24.8 Å². The van der Waals surface area contributed by atoms with Crippen LogP contribution in [-0.2, 0) is 21.2 Å². The molecule has 0 bridgehead atoms. The number of sulfonamides is 1. The molecule has 2 aromatic carbocycles. The predicted molar refractivity (Wildman–Crippen MR) is 92.4 cm³/mol. The van der Waals surface area contributed by atoms with Crippen LogP contribution in [0.3, 0.4) is 0 Å². The summed E-state index contributed by atoms with van der Waals surface area (Å²) in [7, 11) is -3.81. The Morgan fingerprint density at radius 3 is 2.40 bits per heavy atom. The lowest BCUT2D eigenvalue weighted by Crippen LogP contribution is -2.25. The molecule has 25 heavy (non-hydrogen) atoms. The lowest BCUT2D eigenvalue weighted by Gasteiger charge is -2.15. The second-order valence-electron chi connectivity index (χ2n) is 5.70. The van der Waals surface area contributed by atoms with Crippen molar-refractivity contribution >= 4 is 33.3 Å². The number of fused-ring (bicyclic) bond motifs is 1. The van der Waals surface area contributed by atoms with Crippen LogP contribution < -0.4 is 9.62 Å². The molecule has 0 aromatic heterocycles. The molecule has 0 atom stereocenters. The Labute approximate surface area is 144 Å². The summed E-state index contributed by atoms with van der Waals surface area (Å²) in [5, 5.41) is 8.87. The van der Waals surface area contributed by atoms with Crippen LogP contribution in [0.25, 0.3) is 0 Å². The van der Waals surface area contributed by atoms with E-state index < -0.39 is 16.0 Å². The van der Waals surface area contributed by atoms with Gasteiger partial charge in [-0.3, -0.25) is 9.52 Å². The minimum atomic E-state index is -3.81. The summed E-state index contributed by atoms with van der Waals surface area (Å²) in [6.07, 6.45) is 0.603. The molecule has 1 heterocycles. The van der Waals surface area contributed by atoms with Gasteiger partial charge in [-0.05, 0) is 54.4 Å². The SMILES string of the molecule is CC(=O)N1CCc2cc(S(=O)(=O)Nc3ccc(C(=O)O)cc3)ccc21. The van der Waals surface area contributed by atoms with E-state index in [4.69, 9.17) is 5.11 Å². The molecule has 0 aliphatic carbocycles. The van der Waals surface area contributed by atoms with Gasteiger partial charge in [-0.25, -0.2) is 13.2 Å². The van der Waals surface area contributed by atoms with Crippen LogP contribution in [0.5, 0.6) is 0 Å². The van der Waals surface area contributed by atoms with Gasteiger partial charge in [0.25, 0.3) is 10.0 Å². The monoisotopic (exact) mass is 360 g/mol. The summed E-state index contributed by atoms with van der Waals surface area (Å²) in [6, 6.07) is 10.1. The largest absolute Gasteiger partial charge is 0.478 e. The van der Waals surface area contributed by atoms with E-state index in [1.54, 1.807) is 17.0 Å². The van der Waals surface area contributed by atoms with E-state index in [2.05, 4.69) is 4.72 Å². The summed E-state index contributed by atoms with van der Waals surface area (Å²) in [4.78, 5) is 24.1. The zero-order valence-electron chi connectivity index (χ0n) is 13.4. The van der Waals surface area contributed by atoms with Gasteiger partial charge in [0.1, 0.15) is 0 Å². The number of amides is 1. The summed E-state index contributed by atoms with van der Waals surface area (Å²) in [5.74, 6) is -1.16. The fraction of sp³-hybridized carbons (Fsp3) is 0.176. The summed E-state index contributed by atoms with van der Waals surface area (Å²) >= 11 is 0. The first-order valence-electron chi connectivity index (χ1n) is 7.55. The van der Waals surface area contributed by atoms with Crippen LogP contribution in [0.2, 0.25) is 0 Å². The number of carboxylic acids is 1. The van der Waals surface area contributed by atoms with E-state index in [1.807, 2.05) is 0 Å². The van der Waals surface area contributed by atoms with Gasteiger partial charge in [-0.15, -0.1) is 0 Å². The molecule has 0 unspecified atom stereocenters. The number of hydrogen-bond acceptors (Lipinski definition) is 4. The van der Waals surface area contributed by atoms with Crippen molar-refractivity contribution in [3.05, 3.63) is 53.6 Å². The standard InChI is InChI=1S/C17H16N2O5S/c1-11(20)19-9-8-13-10-15(6-7-16(13)19)25(23,24)18-14-4-2-12(3-5-14)17(21)22/h2-7,10,18H,8-9H2,1H3,(H,21,22). The number of nitrogens with one attached hydrogen (secondary N) is 1. The van der Waals surface area contributed by atoms with Crippen molar-refractivity contribution in [1.82, 2.24) is 0 Å². The van der Waals surface area contributed by atoms with E-state index in [0.29, 0.717) is 13.0 Å². The summed E-state index contributed by atoms with van der Waals surface area (Å²) < 4.78 is 27.5. The van der Waals surface area contributed by atoms with Crippen LogP contribution in [0, 0.1) is 0 Å². The zero-order valence-corrected chi connectivity index (χ0v) is 14.2. The van der Waals surface area contributed by atoms with Gasteiger partial charge in [-0.2, -0.15) is 0 Å². The van der Waals surface area contributed by atoms with Crippen molar-refractivity contribution in [2.75, 3.05) is 16.2 Å². The molecule has 2 aromatic rings. The average molecular weight is 360 g/mol. The maximum absolute atomic E-state index is 12.5. The number of nitrogens with zero attached hydrogens (tertiary/aromatic N) is 1. The molecular weight excluding hydrogens is 344 g/mol. The molecule has 8 heteroatoms. The molecule has 1 aliphatic rings. The Bertz CT molecular complexity index is 952. The molecular formula is C17H16N2O5S. The van der Waals surface area contributed by atoms with Crippen LogP contribution >= 0.6 is 0 Å². The molecule has 3 rings (SSSR count). The number of carbonyl (C=O) groups excluding carboxylic acids is 1. The van der Waals surface area contributed by atoms with E-state index in [9.17, 15) is 18.0 Å². The molecule has 1 amide bonds. The summed E-state index contributed by atoms with van der Waals surface area (Å²) in [6.45, 7) is 2.01. The molecule has 0 spiro atoms. The molecule has 1 aliphatic heterocycles. The fourth-order valence-corrected chi connectivity index (χ4v) is 3.88. The Morgan fingerprint density at radius 2 is 1.80 bits per heavy atom. The first-order valence-corrected chi connectivity index (χ1v) is 9.03. The smallest absolute Gasteiger partial charge is 0.335 e. The first-order chi connectivity index (χ1) is 11.8. The molecule has 2 N–H and O–H groups in total. The van der Waals surface area contributed by atoms with E-state index in [0.717, 1.165) is 11.3 Å². The Morgan fingerprint density at radius 1 is 1.12 bits per heavy atom. The maximum Gasteiger partial charge on any atom is 0.335 e. The van der Waals surface area contributed by atoms with Gasteiger partial charge in [0.15, 0.2) is 0 Å². The van der Waals surface area contributed by atoms with E-state index in [1.165, 1.54) is 37.3 Å². The van der Waals surface area contributed by atoms with Crippen molar-refractivity contribution in [2.45, 2.75) is 18.2 Å². The van der Waals surface area contributed by atoms with Gasteiger partial charge in [0.05, 0.1) is 10.5 Å². The highest BCUT2D eigenvalue weighted by atomic mass is 32.2. The highest BCUT2D eigenvalue weighted by Crippen LogP contribution is 2.30. The minimum absolute atomic E-state index is 0.0739. The number of benzene rings is 2. The third-order valence-electron chi connectivity index (χ3n) is 4.02. The van der Waals surface area contributed by atoms with Crippen molar-refractivity contribution < 1.29 is 23.1 Å². The van der Waals surface area contributed by atoms with Gasteiger partial charge in [-0.1, -0.05) is 0 Å². The second kappa shape index (κ2) is 6.21. The van der Waals surface area contributed by atoms with E-state index >= 15 is 0 Å². The second-order valence-corrected chi connectivity index (χ2v) is 7.38. The fourth-order valence-electron chi connectivity index (χ4n) is 2.77. The maximum atomic E-state index is 12.5. The molecule has 0 radical (unpaired) electrons. The van der Waals surface area contributed by atoms with Crippen molar-refractivity contribution in [1.29, 1.82) is 0 Å². The number of anilines is 2. The zero-order chi connectivity index (χ0) is 18.2. The van der Waals surface area contributed by atoms with Gasteiger partial charge >= 0.3 is 5.97 Å². The topological polar surface area (TPSA) is 104 Å². The minimum Gasteiger partial charge on any atom is -0.478 e. The third-order valence-corrected chi connectivity index (χ3v) is 5.40. The number of hydrogen-bond donors (Lipinski definition) is 2. The normalized spacial score (nSPS) is 13.4. The molecule has 7 nitrogen and oxygen atoms in total. The van der Waals surface area contributed by atoms with Crippen molar-refractivity contribution in [3.63, 3.8) is 0 Å². The highest BCUT2D eigenvalue weighted by Gasteiger charge is 2.24. The van der Waals surface area contributed by atoms with Crippen LogP contribution in [0.1, 0.15) is 22.8 Å². The Hall–Kier alpha value is -2.87. The van der Waals surface area contributed by atoms with Gasteiger partial charge < -0.3 is 10.0 Å². The lowest BCUT2D eigenvalue weighted by atomic mass is 10.2. The number of aromatic carboxylic acids is 1. The van der Waals surface area contributed by atoms with Crippen molar-refractivity contribution in [2.24, 2.45) is 0 Å².